The molecule has 0 spiro atoms. The number of hydrogen-bond donors (Lipinski definition) is 3. The summed E-state index contributed by atoms with van der Waals surface area (Å²) in [4.78, 5) is 26.1. The third kappa shape index (κ3) is 43.9. The van der Waals surface area contributed by atoms with Crippen LogP contribution in [0.2, 0.25) is 0 Å². The van der Waals surface area contributed by atoms with E-state index in [1.165, 1.54) is 128 Å². The van der Waals surface area contributed by atoms with E-state index in [4.69, 9.17) is 4.74 Å². The van der Waals surface area contributed by atoms with Crippen LogP contribution in [0.25, 0.3) is 0 Å². The lowest BCUT2D eigenvalue weighted by Crippen LogP contribution is -2.46. The highest BCUT2D eigenvalue weighted by Gasteiger charge is 2.23. The SMILES string of the molecule is CCCCC/C=C/C=C/C=C/C=C/CCCCCCCC(=O)OC(/C=C/C/C=C\CCCCCCCC)CC(=O)NC(CO)C(O)CCCCCCCCCCCCCCCC. The maximum Gasteiger partial charge on any atom is 0.306 e. The van der Waals surface area contributed by atoms with Gasteiger partial charge < -0.3 is 20.3 Å². The van der Waals surface area contributed by atoms with E-state index in [0.717, 1.165) is 70.6 Å². The lowest BCUT2D eigenvalue weighted by atomic mass is 10.0. The van der Waals surface area contributed by atoms with Crippen molar-refractivity contribution in [2.24, 2.45) is 0 Å². The Morgan fingerprint density at radius 2 is 0.919 bits per heavy atom. The van der Waals surface area contributed by atoms with Crippen LogP contribution >= 0.6 is 0 Å². The Morgan fingerprint density at radius 1 is 0.500 bits per heavy atom. The molecular weight excluding hydrogens is 767 g/mol. The van der Waals surface area contributed by atoms with Crippen LogP contribution in [0.5, 0.6) is 0 Å². The molecule has 3 unspecified atom stereocenters. The van der Waals surface area contributed by atoms with Crippen molar-refractivity contribution >= 4 is 11.9 Å². The Labute approximate surface area is 383 Å². The van der Waals surface area contributed by atoms with Crippen LogP contribution in [0.4, 0.5) is 0 Å². The number of aliphatic hydroxyl groups excluding tert-OH is 2. The van der Waals surface area contributed by atoms with Gasteiger partial charge in [0.1, 0.15) is 6.10 Å². The van der Waals surface area contributed by atoms with E-state index in [1.54, 1.807) is 0 Å². The second-order valence-electron chi connectivity index (χ2n) is 17.7. The minimum atomic E-state index is -0.817. The molecular formula is C56H99NO5. The Kier molecular flexibility index (Phi) is 47.2. The Hall–Kier alpha value is -2.70. The van der Waals surface area contributed by atoms with Crippen LogP contribution in [0.3, 0.4) is 0 Å². The molecule has 3 atom stereocenters. The number of carbonyl (C=O) groups excluding carboxylic acids is 2. The first kappa shape index (κ1) is 59.3. The number of ether oxygens (including phenoxy) is 1. The van der Waals surface area contributed by atoms with E-state index in [-0.39, 0.29) is 24.9 Å². The van der Waals surface area contributed by atoms with Crippen molar-refractivity contribution in [1.29, 1.82) is 0 Å². The summed E-state index contributed by atoms with van der Waals surface area (Å²) in [6.45, 7) is 6.40. The predicted octanol–water partition coefficient (Wildman–Crippen LogP) is 15.8. The van der Waals surface area contributed by atoms with E-state index >= 15 is 0 Å². The molecule has 3 N–H and O–H groups in total. The summed E-state index contributed by atoms with van der Waals surface area (Å²) in [5, 5.41) is 23.7. The molecule has 0 rings (SSSR count). The molecule has 358 valence electrons. The zero-order valence-corrected chi connectivity index (χ0v) is 40.7. The lowest BCUT2D eigenvalue weighted by Gasteiger charge is -2.23. The van der Waals surface area contributed by atoms with Crippen LogP contribution in [-0.4, -0.2) is 46.9 Å². The van der Waals surface area contributed by atoms with E-state index in [2.05, 4.69) is 86.8 Å². The number of aliphatic hydroxyl groups is 2. The molecule has 0 aromatic rings. The maximum atomic E-state index is 13.2. The molecule has 0 radical (unpaired) electrons. The van der Waals surface area contributed by atoms with Crippen LogP contribution < -0.4 is 5.32 Å². The molecule has 0 aromatic carbocycles. The van der Waals surface area contributed by atoms with Gasteiger partial charge in [0.15, 0.2) is 0 Å². The van der Waals surface area contributed by atoms with Gasteiger partial charge in [0.2, 0.25) is 5.91 Å². The Bertz CT molecular complexity index is 1150. The summed E-state index contributed by atoms with van der Waals surface area (Å²) >= 11 is 0. The predicted molar refractivity (Wildman–Crippen MR) is 268 cm³/mol. The first-order valence-electron chi connectivity index (χ1n) is 26.2. The van der Waals surface area contributed by atoms with Crippen molar-refractivity contribution in [2.45, 2.75) is 264 Å². The fraction of sp³-hybridized carbons (Fsp3) is 0.750. The van der Waals surface area contributed by atoms with Crippen molar-refractivity contribution in [1.82, 2.24) is 5.32 Å². The molecule has 6 heteroatoms. The van der Waals surface area contributed by atoms with Gasteiger partial charge in [-0.15, -0.1) is 0 Å². The van der Waals surface area contributed by atoms with Gasteiger partial charge in [-0.1, -0.05) is 242 Å². The minimum Gasteiger partial charge on any atom is -0.458 e. The van der Waals surface area contributed by atoms with E-state index in [0.29, 0.717) is 19.3 Å². The fourth-order valence-corrected chi connectivity index (χ4v) is 7.58. The second kappa shape index (κ2) is 49.3. The van der Waals surface area contributed by atoms with Gasteiger partial charge in [-0.05, 0) is 63.9 Å². The first-order valence-corrected chi connectivity index (χ1v) is 26.2. The molecule has 0 heterocycles. The summed E-state index contributed by atoms with van der Waals surface area (Å²) in [6.07, 6.45) is 62.7. The highest BCUT2D eigenvalue weighted by atomic mass is 16.5. The Balaban J connectivity index is 4.64. The van der Waals surface area contributed by atoms with Crippen molar-refractivity contribution in [3.05, 3.63) is 72.9 Å². The zero-order valence-electron chi connectivity index (χ0n) is 40.7. The highest BCUT2D eigenvalue weighted by molar-refractivity contribution is 5.78. The van der Waals surface area contributed by atoms with Crippen molar-refractivity contribution < 1.29 is 24.5 Å². The van der Waals surface area contributed by atoms with Crippen molar-refractivity contribution in [3.63, 3.8) is 0 Å². The van der Waals surface area contributed by atoms with Crippen molar-refractivity contribution in [2.75, 3.05) is 6.61 Å². The molecule has 0 saturated carbocycles. The van der Waals surface area contributed by atoms with Gasteiger partial charge >= 0.3 is 5.97 Å². The third-order valence-electron chi connectivity index (χ3n) is 11.6. The molecule has 0 aromatic heterocycles. The first-order chi connectivity index (χ1) is 30.5. The summed E-state index contributed by atoms with van der Waals surface area (Å²) in [7, 11) is 0. The molecule has 0 aliphatic carbocycles. The lowest BCUT2D eigenvalue weighted by molar-refractivity contribution is -0.148. The van der Waals surface area contributed by atoms with Crippen LogP contribution in [0.1, 0.15) is 245 Å². The van der Waals surface area contributed by atoms with Crippen LogP contribution in [0, 0.1) is 0 Å². The van der Waals surface area contributed by atoms with E-state index in [9.17, 15) is 19.8 Å². The number of allylic oxidation sites excluding steroid dienone is 11. The topological polar surface area (TPSA) is 95.9 Å². The number of rotatable bonds is 46. The smallest absolute Gasteiger partial charge is 0.306 e. The van der Waals surface area contributed by atoms with Gasteiger partial charge in [0.05, 0.1) is 25.2 Å². The van der Waals surface area contributed by atoms with Gasteiger partial charge in [0, 0.05) is 6.42 Å². The highest BCUT2D eigenvalue weighted by Crippen LogP contribution is 2.16. The number of carbonyl (C=O) groups is 2. The Morgan fingerprint density at radius 3 is 1.44 bits per heavy atom. The average molecular weight is 866 g/mol. The molecule has 0 saturated heterocycles. The van der Waals surface area contributed by atoms with Crippen LogP contribution in [-0.2, 0) is 14.3 Å². The standard InChI is InChI=1S/C56H99NO5/c1-4-7-10-13-16-19-22-24-26-27-28-29-31-34-37-40-43-46-49-56(61)62-52(47-44-41-38-35-32-21-18-15-12-9-6-3)50-55(60)57-53(51-58)54(59)48-45-42-39-36-33-30-25-23-20-17-14-11-8-5-2/h16,19,22,24,26-29,35,38,44,47,52-54,58-59H,4-15,17-18,20-21,23,25,30-34,36-37,39-43,45-46,48-51H2,1-3H3,(H,57,60)/b19-16+,24-22+,27-26+,29-28+,38-35-,47-44+. The molecule has 0 aliphatic heterocycles. The normalized spacial score (nSPS) is 13.8. The largest absolute Gasteiger partial charge is 0.458 e. The molecule has 1 amide bonds. The number of unbranched alkanes of at least 4 members (excludes halogenated alkanes) is 27. The molecule has 6 nitrogen and oxygen atoms in total. The second-order valence-corrected chi connectivity index (χ2v) is 17.7. The monoisotopic (exact) mass is 866 g/mol. The van der Waals surface area contributed by atoms with Crippen molar-refractivity contribution in [3.8, 4) is 0 Å². The average Bonchev–Trinajstić information content (AvgIpc) is 3.26. The zero-order chi connectivity index (χ0) is 45.2. The van der Waals surface area contributed by atoms with Gasteiger partial charge in [-0.3, -0.25) is 9.59 Å². The fourth-order valence-electron chi connectivity index (χ4n) is 7.58. The maximum absolute atomic E-state index is 13.2. The minimum absolute atomic E-state index is 0.0407. The number of hydrogen-bond acceptors (Lipinski definition) is 5. The van der Waals surface area contributed by atoms with E-state index < -0.39 is 18.2 Å². The van der Waals surface area contributed by atoms with Gasteiger partial charge in [-0.25, -0.2) is 0 Å². The number of nitrogens with one attached hydrogen (secondary N) is 1. The van der Waals surface area contributed by atoms with Crippen LogP contribution in [0.15, 0.2) is 72.9 Å². The van der Waals surface area contributed by atoms with E-state index in [1.807, 2.05) is 12.2 Å². The number of esters is 1. The summed E-state index contributed by atoms with van der Waals surface area (Å²) in [5.74, 6) is -0.630. The number of amides is 1. The van der Waals surface area contributed by atoms with Gasteiger partial charge in [0.25, 0.3) is 0 Å². The summed E-state index contributed by atoms with van der Waals surface area (Å²) < 4.78 is 5.82. The molecule has 0 bridgehead atoms. The summed E-state index contributed by atoms with van der Waals surface area (Å²) in [6, 6.07) is -0.740. The summed E-state index contributed by atoms with van der Waals surface area (Å²) in [5.41, 5.74) is 0. The quantitative estimate of drug-likeness (QED) is 0.0245. The molecule has 0 aliphatic rings. The van der Waals surface area contributed by atoms with Gasteiger partial charge in [-0.2, -0.15) is 0 Å². The molecule has 62 heavy (non-hydrogen) atoms. The third-order valence-corrected chi connectivity index (χ3v) is 11.6. The molecule has 0 fully saturated rings.